The number of carbonyl (C=O) groups is 1. The van der Waals surface area contributed by atoms with Crippen LogP contribution in [0.4, 0.5) is 0 Å². The monoisotopic (exact) mass is 188 g/mol. The van der Waals surface area contributed by atoms with Crippen molar-refractivity contribution in [2.75, 3.05) is 0 Å². The van der Waals surface area contributed by atoms with Gasteiger partial charge in [-0.3, -0.25) is 4.79 Å². The molecule has 2 rings (SSSR count). The Hall–Kier alpha value is -1.64. The van der Waals surface area contributed by atoms with Crippen molar-refractivity contribution in [2.45, 2.75) is 20.3 Å². The Morgan fingerprint density at radius 2 is 2.36 bits per heavy atom. The second-order valence-corrected chi connectivity index (χ2v) is 3.31. The fourth-order valence-electron chi connectivity index (χ4n) is 1.54. The van der Waals surface area contributed by atoms with Gasteiger partial charge in [0.25, 0.3) is 0 Å². The predicted molar refractivity (Wildman–Crippen MR) is 54.6 cm³/mol. The van der Waals surface area contributed by atoms with Gasteiger partial charge in [0.2, 0.25) is 0 Å². The minimum Gasteiger partial charge on any atom is -0.306 e. The molecule has 3 heteroatoms. The summed E-state index contributed by atoms with van der Waals surface area (Å²) in [4.78, 5) is 15.9. The maximum absolute atomic E-state index is 11.6. The Labute approximate surface area is 82.4 Å². The molecule has 2 aromatic rings. The number of pyridine rings is 1. The van der Waals surface area contributed by atoms with Crippen LogP contribution >= 0.6 is 0 Å². The van der Waals surface area contributed by atoms with Gasteiger partial charge in [0.05, 0.1) is 11.3 Å². The third kappa shape index (κ3) is 1.31. The van der Waals surface area contributed by atoms with E-state index in [1.165, 1.54) is 0 Å². The predicted octanol–water partition coefficient (Wildman–Crippen LogP) is 2.24. The van der Waals surface area contributed by atoms with E-state index in [2.05, 4.69) is 4.98 Å². The molecular weight excluding hydrogens is 176 g/mol. The lowest BCUT2D eigenvalue weighted by molar-refractivity contribution is 0.0989. The quantitative estimate of drug-likeness (QED) is 0.677. The first-order valence-corrected chi connectivity index (χ1v) is 4.70. The standard InChI is InChI=1S/C11H12N2O/c1-3-10(14)9-5-4-6-13-7-8(2)12-11(9)13/h4-7H,3H2,1-2H3. The highest BCUT2D eigenvalue weighted by Crippen LogP contribution is 2.12. The highest BCUT2D eigenvalue weighted by Gasteiger charge is 2.09. The average Bonchev–Trinajstić information content (AvgIpc) is 2.56. The normalized spacial score (nSPS) is 10.7. The third-order valence-corrected chi connectivity index (χ3v) is 2.22. The average molecular weight is 188 g/mol. The van der Waals surface area contributed by atoms with Crippen LogP contribution in [-0.2, 0) is 0 Å². The number of imidazole rings is 1. The lowest BCUT2D eigenvalue weighted by atomic mass is 10.1. The number of ketones is 1. The number of hydrogen-bond donors (Lipinski definition) is 0. The van der Waals surface area contributed by atoms with E-state index in [1.807, 2.05) is 42.8 Å². The van der Waals surface area contributed by atoms with Crippen LogP contribution in [0.2, 0.25) is 0 Å². The van der Waals surface area contributed by atoms with Gasteiger partial charge in [0.15, 0.2) is 5.78 Å². The summed E-state index contributed by atoms with van der Waals surface area (Å²) in [6, 6.07) is 3.70. The number of hydrogen-bond acceptors (Lipinski definition) is 2. The number of carbonyl (C=O) groups excluding carboxylic acids is 1. The second kappa shape index (κ2) is 3.25. The van der Waals surface area contributed by atoms with Crippen molar-refractivity contribution < 1.29 is 4.79 Å². The smallest absolute Gasteiger partial charge is 0.166 e. The molecule has 0 N–H and O–H groups in total. The van der Waals surface area contributed by atoms with Crippen molar-refractivity contribution in [3.8, 4) is 0 Å². The van der Waals surface area contributed by atoms with Crippen molar-refractivity contribution in [2.24, 2.45) is 0 Å². The van der Waals surface area contributed by atoms with Crippen molar-refractivity contribution in [3.63, 3.8) is 0 Å². The zero-order valence-corrected chi connectivity index (χ0v) is 8.32. The van der Waals surface area contributed by atoms with E-state index in [1.54, 1.807) is 0 Å². The summed E-state index contributed by atoms with van der Waals surface area (Å²) in [7, 11) is 0. The van der Waals surface area contributed by atoms with Gasteiger partial charge in [-0.15, -0.1) is 0 Å². The van der Waals surface area contributed by atoms with Crippen LogP contribution in [0.3, 0.4) is 0 Å². The topological polar surface area (TPSA) is 34.4 Å². The van der Waals surface area contributed by atoms with Crippen molar-refractivity contribution in [1.29, 1.82) is 0 Å². The molecule has 2 heterocycles. The molecule has 0 saturated heterocycles. The molecular formula is C11H12N2O. The molecule has 0 saturated carbocycles. The van der Waals surface area contributed by atoms with Crippen LogP contribution in [-0.4, -0.2) is 15.2 Å². The molecule has 0 bridgehead atoms. The molecule has 72 valence electrons. The van der Waals surface area contributed by atoms with Crippen LogP contribution in [0, 0.1) is 6.92 Å². The van der Waals surface area contributed by atoms with E-state index in [0.29, 0.717) is 12.0 Å². The maximum atomic E-state index is 11.6. The first kappa shape index (κ1) is 8.94. The summed E-state index contributed by atoms with van der Waals surface area (Å²) in [6.07, 6.45) is 4.34. The highest BCUT2D eigenvalue weighted by molar-refractivity contribution is 6.01. The fraction of sp³-hybridized carbons (Fsp3) is 0.273. The molecule has 3 nitrogen and oxygen atoms in total. The van der Waals surface area contributed by atoms with Crippen LogP contribution in [0.5, 0.6) is 0 Å². The summed E-state index contributed by atoms with van der Waals surface area (Å²) < 4.78 is 1.89. The molecule has 0 fully saturated rings. The van der Waals surface area contributed by atoms with Gasteiger partial charge in [0.1, 0.15) is 5.65 Å². The van der Waals surface area contributed by atoms with Crippen LogP contribution in [0.15, 0.2) is 24.5 Å². The fourth-order valence-corrected chi connectivity index (χ4v) is 1.54. The number of rotatable bonds is 2. The molecule has 0 aliphatic rings. The lowest BCUT2D eigenvalue weighted by Gasteiger charge is -1.99. The Balaban J connectivity index is 2.70. The van der Waals surface area contributed by atoms with Crippen LogP contribution in [0.1, 0.15) is 29.4 Å². The van der Waals surface area contributed by atoms with Gasteiger partial charge in [-0.05, 0) is 19.1 Å². The first-order valence-electron chi connectivity index (χ1n) is 4.70. The SMILES string of the molecule is CCC(=O)c1cccn2cc(C)nc12. The molecule has 0 spiro atoms. The molecule has 0 amide bonds. The van der Waals surface area contributed by atoms with Gasteiger partial charge >= 0.3 is 0 Å². The van der Waals surface area contributed by atoms with Crippen molar-refractivity contribution >= 4 is 11.4 Å². The Morgan fingerprint density at radius 1 is 1.57 bits per heavy atom. The van der Waals surface area contributed by atoms with E-state index in [0.717, 1.165) is 11.3 Å². The molecule has 0 aromatic carbocycles. The Bertz CT molecular complexity index is 485. The van der Waals surface area contributed by atoms with Gasteiger partial charge in [-0.2, -0.15) is 0 Å². The van der Waals surface area contributed by atoms with Gasteiger partial charge in [-0.25, -0.2) is 4.98 Å². The number of aryl methyl sites for hydroxylation is 1. The zero-order chi connectivity index (χ0) is 10.1. The Morgan fingerprint density at radius 3 is 3.07 bits per heavy atom. The van der Waals surface area contributed by atoms with Crippen molar-refractivity contribution in [1.82, 2.24) is 9.38 Å². The first-order chi connectivity index (χ1) is 6.72. The van der Waals surface area contributed by atoms with E-state index in [4.69, 9.17) is 0 Å². The summed E-state index contributed by atoms with van der Waals surface area (Å²) in [6.45, 7) is 3.79. The minimum atomic E-state index is 0.140. The molecule has 2 aromatic heterocycles. The number of nitrogens with zero attached hydrogens (tertiary/aromatic N) is 2. The van der Waals surface area contributed by atoms with E-state index >= 15 is 0 Å². The van der Waals surface area contributed by atoms with E-state index in [-0.39, 0.29) is 5.78 Å². The second-order valence-electron chi connectivity index (χ2n) is 3.31. The summed E-state index contributed by atoms with van der Waals surface area (Å²) in [5.41, 5.74) is 2.40. The van der Waals surface area contributed by atoms with Crippen LogP contribution in [0.25, 0.3) is 5.65 Å². The van der Waals surface area contributed by atoms with E-state index < -0.39 is 0 Å². The number of fused-ring (bicyclic) bond motifs is 1. The highest BCUT2D eigenvalue weighted by atomic mass is 16.1. The van der Waals surface area contributed by atoms with Crippen LogP contribution < -0.4 is 0 Å². The summed E-state index contributed by atoms with van der Waals surface area (Å²) >= 11 is 0. The van der Waals surface area contributed by atoms with Gasteiger partial charge in [0, 0.05) is 18.8 Å². The molecule has 14 heavy (non-hydrogen) atoms. The molecule has 0 aliphatic heterocycles. The molecule has 0 radical (unpaired) electrons. The third-order valence-electron chi connectivity index (χ3n) is 2.22. The summed E-state index contributed by atoms with van der Waals surface area (Å²) in [5, 5.41) is 0. The minimum absolute atomic E-state index is 0.140. The maximum Gasteiger partial charge on any atom is 0.166 e. The van der Waals surface area contributed by atoms with Crippen molar-refractivity contribution in [3.05, 3.63) is 35.8 Å². The zero-order valence-electron chi connectivity index (χ0n) is 8.32. The molecule has 0 atom stereocenters. The number of Topliss-reactive ketones (excluding diaryl/α,β-unsaturated/α-hetero) is 1. The largest absolute Gasteiger partial charge is 0.306 e. The van der Waals surface area contributed by atoms with Gasteiger partial charge < -0.3 is 4.40 Å². The molecule has 0 aliphatic carbocycles. The number of aromatic nitrogens is 2. The lowest BCUT2D eigenvalue weighted by Crippen LogP contribution is -2.00. The Kier molecular flexibility index (Phi) is 2.08. The van der Waals surface area contributed by atoms with E-state index in [9.17, 15) is 4.79 Å². The molecule has 0 unspecified atom stereocenters. The summed E-state index contributed by atoms with van der Waals surface area (Å²) in [5.74, 6) is 0.140. The van der Waals surface area contributed by atoms with Gasteiger partial charge in [-0.1, -0.05) is 6.92 Å².